The molecular formula is C6H12O2. The molecule has 0 aromatic rings. The van der Waals surface area contributed by atoms with Crippen LogP contribution >= 0.6 is 0 Å². The van der Waals surface area contributed by atoms with Crippen molar-refractivity contribution in [1.82, 2.24) is 0 Å². The molecule has 1 saturated heterocycles. The first kappa shape index (κ1) is 6.05. The normalized spacial score (nSPS) is 38.2. The second-order valence-electron chi connectivity index (χ2n) is 2.38. The molecule has 1 heterocycles. The van der Waals surface area contributed by atoms with Crippen molar-refractivity contribution in [2.45, 2.75) is 25.4 Å². The molecule has 0 unspecified atom stereocenters. The van der Waals surface area contributed by atoms with Gasteiger partial charge in [-0.2, -0.15) is 0 Å². The van der Waals surface area contributed by atoms with E-state index in [0.717, 1.165) is 19.4 Å². The van der Waals surface area contributed by atoms with E-state index in [4.69, 9.17) is 4.74 Å². The molecule has 0 aliphatic carbocycles. The van der Waals surface area contributed by atoms with Crippen LogP contribution in [0.3, 0.4) is 0 Å². The Hall–Kier alpha value is -0.0800. The van der Waals surface area contributed by atoms with Gasteiger partial charge in [-0.15, -0.1) is 0 Å². The Morgan fingerprint density at radius 2 is 2.50 bits per heavy atom. The molecule has 2 heteroatoms. The molecule has 0 aromatic heterocycles. The summed E-state index contributed by atoms with van der Waals surface area (Å²) < 4.78 is 5.00. The molecule has 1 aliphatic rings. The molecule has 0 saturated carbocycles. The highest BCUT2D eigenvalue weighted by Crippen LogP contribution is 2.20. The summed E-state index contributed by atoms with van der Waals surface area (Å²) in [4.78, 5) is 0. The summed E-state index contributed by atoms with van der Waals surface area (Å²) in [5, 5.41) is 9.38. The lowest BCUT2D eigenvalue weighted by Gasteiger charge is -2.16. The van der Waals surface area contributed by atoms with Crippen molar-refractivity contribution in [2.24, 2.45) is 0 Å². The lowest BCUT2D eigenvalue weighted by atomic mass is 10.0. The van der Waals surface area contributed by atoms with Crippen LogP contribution in [-0.4, -0.2) is 23.9 Å². The zero-order valence-corrected chi connectivity index (χ0v) is 5.18. The fourth-order valence-corrected chi connectivity index (χ4v) is 0.875. The molecule has 0 spiro atoms. The maximum atomic E-state index is 9.38. The van der Waals surface area contributed by atoms with E-state index in [9.17, 15) is 5.11 Å². The van der Waals surface area contributed by atoms with Gasteiger partial charge in [0, 0.05) is 13.0 Å². The number of ether oxygens (including phenoxy) is 1. The molecule has 0 radical (unpaired) electrons. The Morgan fingerprint density at radius 3 is 2.75 bits per heavy atom. The maximum Gasteiger partial charge on any atom is 0.0899 e. The van der Waals surface area contributed by atoms with Crippen LogP contribution in [0.4, 0.5) is 0 Å². The van der Waals surface area contributed by atoms with E-state index < -0.39 is 5.60 Å². The summed E-state index contributed by atoms with van der Waals surface area (Å²) in [7, 11) is 0. The van der Waals surface area contributed by atoms with Crippen molar-refractivity contribution in [2.75, 3.05) is 13.2 Å². The summed E-state index contributed by atoms with van der Waals surface area (Å²) >= 11 is 0. The third-order valence-electron chi connectivity index (χ3n) is 1.74. The number of aliphatic hydroxyl groups is 1. The van der Waals surface area contributed by atoms with Crippen molar-refractivity contribution >= 4 is 0 Å². The number of rotatable bonds is 1. The predicted octanol–water partition coefficient (Wildman–Crippen LogP) is 0.548. The second-order valence-corrected chi connectivity index (χ2v) is 2.38. The van der Waals surface area contributed by atoms with E-state index in [1.54, 1.807) is 0 Å². The Bertz CT molecular complexity index is 74.6. The molecule has 2 nitrogen and oxygen atoms in total. The van der Waals surface area contributed by atoms with Crippen LogP contribution in [0.1, 0.15) is 19.8 Å². The first-order chi connectivity index (χ1) is 3.77. The SMILES string of the molecule is CC[C@]1(O)CCOC1. The van der Waals surface area contributed by atoms with Crippen LogP contribution in [0.5, 0.6) is 0 Å². The highest BCUT2D eigenvalue weighted by molar-refractivity contribution is 4.80. The highest BCUT2D eigenvalue weighted by atomic mass is 16.5. The topological polar surface area (TPSA) is 29.5 Å². The lowest BCUT2D eigenvalue weighted by Crippen LogP contribution is -2.26. The Kier molecular flexibility index (Phi) is 1.54. The highest BCUT2D eigenvalue weighted by Gasteiger charge is 2.29. The van der Waals surface area contributed by atoms with Gasteiger partial charge in [-0.05, 0) is 6.42 Å². The van der Waals surface area contributed by atoms with Gasteiger partial charge in [-0.1, -0.05) is 6.92 Å². The Balaban J connectivity index is 2.40. The van der Waals surface area contributed by atoms with E-state index in [-0.39, 0.29) is 0 Å². The van der Waals surface area contributed by atoms with Gasteiger partial charge < -0.3 is 9.84 Å². The van der Waals surface area contributed by atoms with Gasteiger partial charge in [0.25, 0.3) is 0 Å². The first-order valence-electron chi connectivity index (χ1n) is 3.07. The molecule has 0 bridgehead atoms. The lowest BCUT2D eigenvalue weighted by molar-refractivity contribution is 0.0235. The average Bonchev–Trinajstić information content (AvgIpc) is 2.17. The summed E-state index contributed by atoms with van der Waals surface area (Å²) in [6, 6.07) is 0. The fourth-order valence-electron chi connectivity index (χ4n) is 0.875. The monoisotopic (exact) mass is 116 g/mol. The summed E-state index contributed by atoms with van der Waals surface area (Å²) in [6.07, 6.45) is 1.62. The third-order valence-corrected chi connectivity index (χ3v) is 1.74. The van der Waals surface area contributed by atoms with E-state index in [0.29, 0.717) is 6.61 Å². The van der Waals surface area contributed by atoms with Gasteiger partial charge in [0.2, 0.25) is 0 Å². The van der Waals surface area contributed by atoms with Gasteiger partial charge in [-0.25, -0.2) is 0 Å². The van der Waals surface area contributed by atoms with Crippen LogP contribution < -0.4 is 0 Å². The minimum atomic E-state index is -0.486. The largest absolute Gasteiger partial charge is 0.387 e. The quantitative estimate of drug-likeness (QED) is 0.542. The van der Waals surface area contributed by atoms with Crippen molar-refractivity contribution in [1.29, 1.82) is 0 Å². The first-order valence-corrected chi connectivity index (χ1v) is 3.07. The minimum Gasteiger partial charge on any atom is -0.387 e. The molecule has 8 heavy (non-hydrogen) atoms. The van der Waals surface area contributed by atoms with Crippen LogP contribution in [0, 0.1) is 0 Å². The van der Waals surface area contributed by atoms with Crippen molar-refractivity contribution in [3.05, 3.63) is 0 Å². The van der Waals surface area contributed by atoms with Gasteiger partial charge in [0.15, 0.2) is 0 Å². The molecule has 0 aromatic carbocycles. The Labute approximate surface area is 49.5 Å². The molecule has 1 rings (SSSR count). The van der Waals surface area contributed by atoms with Gasteiger partial charge in [0.05, 0.1) is 12.2 Å². The molecule has 1 N–H and O–H groups in total. The van der Waals surface area contributed by atoms with Crippen LogP contribution in [0.15, 0.2) is 0 Å². The van der Waals surface area contributed by atoms with Crippen LogP contribution in [0.2, 0.25) is 0 Å². The van der Waals surface area contributed by atoms with Gasteiger partial charge >= 0.3 is 0 Å². The summed E-state index contributed by atoms with van der Waals surface area (Å²) in [5.74, 6) is 0. The zero-order chi connectivity index (χ0) is 6.04. The van der Waals surface area contributed by atoms with Crippen molar-refractivity contribution in [3.8, 4) is 0 Å². The summed E-state index contributed by atoms with van der Waals surface area (Å²) in [5.41, 5.74) is -0.486. The van der Waals surface area contributed by atoms with Crippen LogP contribution in [0.25, 0.3) is 0 Å². The van der Waals surface area contributed by atoms with Crippen molar-refractivity contribution < 1.29 is 9.84 Å². The van der Waals surface area contributed by atoms with Gasteiger partial charge in [-0.3, -0.25) is 0 Å². The van der Waals surface area contributed by atoms with Gasteiger partial charge in [0.1, 0.15) is 0 Å². The zero-order valence-electron chi connectivity index (χ0n) is 5.18. The smallest absolute Gasteiger partial charge is 0.0899 e. The minimum absolute atomic E-state index is 0.486. The predicted molar refractivity (Wildman–Crippen MR) is 30.7 cm³/mol. The fraction of sp³-hybridized carbons (Fsp3) is 1.00. The molecule has 1 atom stereocenters. The molecule has 1 aliphatic heterocycles. The molecule has 0 amide bonds. The molecule has 1 fully saturated rings. The van der Waals surface area contributed by atoms with E-state index in [1.165, 1.54) is 0 Å². The Morgan fingerprint density at radius 1 is 1.75 bits per heavy atom. The van der Waals surface area contributed by atoms with E-state index in [1.807, 2.05) is 6.92 Å². The van der Waals surface area contributed by atoms with Crippen molar-refractivity contribution in [3.63, 3.8) is 0 Å². The third kappa shape index (κ3) is 1.01. The van der Waals surface area contributed by atoms with E-state index >= 15 is 0 Å². The summed E-state index contributed by atoms with van der Waals surface area (Å²) in [6.45, 7) is 3.24. The number of hydrogen-bond acceptors (Lipinski definition) is 2. The number of hydrogen-bond donors (Lipinski definition) is 1. The van der Waals surface area contributed by atoms with Crippen LogP contribution in [-0.2, 0) is 4.74 Å². The molecular weight excluding hydrogens is 104 g/mol. The average molecular weight is 116 g/mol. The maximum absolute atomic E-state index is 9.38. The standard InChI is InChI=1S/C6H12O2/c1-2-6(7)3-4-8-5-6/h7H,2-5H2,1H3/t6-/m0/s1. The molecule has 48 valence electrons. The van der Waals surface area contributed by atoms with E-state index in [2.05, 4.69) is 0 Å². The second kappa shape index (κ2) is 2.03.